The largest absolute Gasteiger partial charge is 0.377 e. The molecule has 134 valence electrons. The average molecular weight is 359 g/mol. The first-order valence-corrected chi connectivity index (χ1v) is 9.55. The first kappa shape index (κ1) is 17.8. The third-order valence-corrected chi connectivity index (χ3v) is 5.33. The van der Waals surface area contributed by atoms with Crippen molar-refractivity contribution in [3.05, 3.63) is 33.7 Å². The summed E-state index contributed by atoms with van der Waals surface area (Å²) in [5.41, 5.74) is 1.74. The fourth-order valence-electron chi connectivity index (χ4n) is 2.84. The zero-order chi connectivity index (χ0) is 17.8. The topological polar surface area (TPSA) is 55.6 Å². The molecule has 0 saturated carbocycles. The quantitative estimate of drug-likeness (QED) is 0.619. The maximum atomic E-state index is 5.16. The number of thiophene rings is 1. The van der Waals surface area contributed by atoms with E-state index in [-0.39, 0.29) is 0 Å². The highest BCUT2D eigenvalue weighted by Gasteiger charge is 2.12. The van der Waals surface area contributed by atoms with Crippen LogP contribution in [-0.4, -0.2) is 40.0 Å². The molecule has 0 radical (unpaired) electrons. The fraction of sp³-hybridized carbons (Fsp3) is 0.500. The number of anilines is 1. The van der Waals surface area contributed by atoms with Crippen LogP contribution >= 0.6 is 11.3 Å². The molecule has 7 heteroatoms. The second-order valence-corrected chi connectivity index (χ2v) is 7.13. The Morgan fingerprint density at radius 3 is 2.84 bits per heavy atom. The Balaban J connectivity index is 1.93. The van der Waals surface area contributed by atoms with Gasteiger partial charge < -0.3 is 9.64 Å². The third-order valence-electron chi connectivity index (χ3n) is 4.23. The first-order valence-electron chi connectivity index (χ1n) is 8.74. The summed E-state index contributed by atoms with van der Waals surface area (Å²) in [5.74, 6) is 0.726. The number of hydrogen-bond donors (Lipinski definition) is 0. The second-order valence-electron chi connectivity index (χ2n) is 6.04. The summed E-state index contributed by atoms with van der Waals surface area (Å²) < 4.78 is 6.94. The lowest BCUT2D eigenvalue weighted by Gasteiger charge is -2.20. The van der Waals surface area contributed by atoms with E-state index in [0.29, 0.717) is 6.61 Å². The summed E-state index contributed by atoms with van der Waals surface area (Å²) in [5, 5.41) is 15.4. The van der Waals surface area contributed by atoms with Gasteiger partial charge in [-0.25, -0.2) is 0 Å². The van der Waals surface area contributed by atoms with Gasteiger partial charge in [0.2, 0.25) is 0 Å². The molecule has 0 fully saturated rings. The molecule has 0 bridgehead atoms. The number of fused-ring (bicyclic) bond motifs is 1. The van der Waals surface area contributed by atoms with Crippen molar-refractivity contribution in [2.24, 2.45) is 0 Å². The van der Waals surface area contributed by atoms with E-state index >= 15 is 0 Å². The van der Waals surface area contributed by atoms with Crippen LogP contribution in [0.5, 0.6) is 0 Å². The first-order chi connectivity index (χ1) is 12.2. The molecular formula is C18H25N5OS. The van der Waals surface area contributed by atoms with Crippen LogP contribution in [-0.2, 0) is 11.3 Å². The van der Waals surface area contributed by atoms with Crippen molar-refractivity contribution in [2.45, 2.75) is 40.2 Å². The molecule has 0 aliphatic rings. The highest BCUT2D eigenvalue weighted by molar-refractivity contribution is 7.16. The van der Waals surface area contributed by atoms with E-state index < -0.39 is 0 Å². The molecule has 0 spiro atoms. The number of ether oxygens (including phenoxy) is 1. The SMILES string of the molecule is CCCCN(CC)c1ccc(/C=c2/c(C)nn3c(COC)nnc23)s1. The zero-order valence-electron chi connectivity index (χ0n) is 15.3. The molecule has 0 amide bonds. The molecule has 3 heterocycles. The van der Waals surface area contributed by atoms with Crippen molar-refractivity contribution in [1.29, 1.82) is 0 Å². The summed E-state index contributed by atoms with van der Waals surface area (Å²) in [6.45, 7) is 8.99. The number of unbranched alkanes of at least 4 members (excludes halogenated alkanes) is 1. The van der Waals surface area contributed by atoms with Crippen LogP contribution in [0, 0.1) is 6.92 Å². The van der Waals surface area contributed by atoms with Gasteiger partial charge in [0, 0.05) is 30.3 Å². The lowest BCUT2D eigenvalue weighted by molar-refractivity contribution is 0.176. The van der Waals surface area contributed by atoms with Gasteiger partial charge in [-0.15, -0.1) is 21.5 Å². The van der Waals surface area contributed by atoms with Crippen LogP contribution in [0.2, 0.25) is 0 Å². The van der Waals surface area contributed by atoms with Gasteiger partial charge >= 0.3 is 0 Å². The van der Waals surface area contributed by atoms with E-state index in [1.54, 1.807) is 11.6 Å². The van der Waals surface area contributed by atoms with Crippen LogP contribution in [0.1, 0.15) is 43.1 Å². The molecule has 0 aromatic carbocycles. The van der Waals surface area contributed by atoms with Gasteiger partial charge in [-0.05, 0) is 38.5 Å². The fourth-order valence-corrected chi connectivity index (χ4v) is 3.88. The average Bonchev–Trinajstić information content (AvgIpc) is 3.29. The van der Waals surface area contributed by atoms with E-state index in [2.05, 4.69) is 52.3 Å². The van der Waals surface area contributed by atoms with Crippen LogP contribution < -0.4 is 10.1 Å². The van der Waals surface area contributed by atoms with Crippen molar-refractivity contribution in [1.82, 2.24) is 19.8 Å². The summed E-state index contributed by atoms with van der Waals surface area (Å²) in [6.07, 6.45) is 4.60. The van der Waals surface area contributed by atoms with Crippen LogP contribution in [0.4, 0.5) is 5.00 Å². The summed E-state index contributed by atoms with van der Waals surface area (Å²) in [7, 11) is 1.65. The van der Waals surface area contributed by atoms with Gasteiger partial charge in [0.1, 0.15) is 6.61 Å². The van der Waals surface area contributed by atoms with E-state index in [1.165, 1.54) is 22.7 Å². The molecule has 3 rings (SSSR count). The zero-order valence-corrected chi connectivity index (χ0v) is 16.1. The van der Waals surface area contributed by atoms with Gasteiger partial charge in [0.25, 0.3) is 0 Å². The highest BCUT2D eigenvalue weighted by atomic mass is 32.1. The minimum Gasteiger partial charge on any atom is -0.377 e. The Morgan fingerprint density at radius 2 is 2.12 bits per heavy atom. The maximum Gasteiger partial charge on any atom is 0.187 e. The van der Waals surface area contributed by atoms with Gasteiger partial charge in [0.15, 0.2) is 11.5 Å². The van der Waals surface area contributed by atoms with Crippen molar-refractivity contribution in [2.75, 3.05) is 25.1 Å². The predicted octanol–water partition coefficient (Wildman–Crippen LogP) is 2.81. The van der Waals surface area contributed by atoms with Gasteiger partial charge in [-0.2, -0.15) is 9.61 Å². The highest BCUT2D eigenvalue weighted by Crippen LogP contribution is 2.27. The molecule has 0 aliphatic carbocycles. The van der Waals surface area contributed by atoms with Crippen LogP contribution in [0.25, 0.3) is 11.7 Å². The van der Waals surface area contributed by atoms with E-state index in [9.17, 15) is 0 Å². The standard InChI is InChI=1S/C18H25N5OS/c1-5-7-10-22(6-2)17-9-8-14(25-17)11-15-13(3)21-23-16(12-24-4)19-20-18(15)23/h8-9,11H,5-7,10,12H2,1-4H3/b15-11-. The van der Waals surface area contributed by atoms with E-state index in [0.717, 1.165) is 35.5 Å². The summed E-state index contributed by atoms with van der Waals surface area (Å²) in [6, 6.07) is 4.38. The molecule has 0 unspecified atom stereocenters. The van der Waals surface area contributed by atoms with Crippen molar-refractivity contribution in [3.63, 3.8) is 0 Å². The van der Waals surface area contributed by atoms with Crippen molar-refractivity contribution in [3.8, 4) is 0 Å². The molecule has 6 nitrogen and oxygen atoms in total. The molecule has 25 heavy (non-hydrogen) atoms. The Kier molecular flexibility index (Phi) is 5.65. The summed E-state index contributed by atoms with van der Waals surface area (Å²) >= 11 is 1.81. The minimum atomic E-state index is 0.406. The normalized spacial score (nSPS) is 12.4. The Hall–Kier alpha value is -1.99. The number of hydrogen-bond acceptors (Lipinski definition) is 6. The van der Waals surface area contributed by atoms with Crippen molar-refractivity contribution < 1.29 is 4.74 Å². The smallest absolute Gasteiger partial charge is 0.187 e. The minimum absolute atomic E-state index is 0.406. The molecule has 3 aromatic heterocycles. The molecule has 0 atom stereocenters. The second kappa shape index (κ2) is 7.93. The number of nitrogens with zero attached hydrogens (tertiary/aromatic N) is 5. The lowest BCUT2D eigenvalue weighted by atomic mass is 10.3. The maximum absolute atomic E-state index is 5.16. The van der Waals surface area contributed by atoms with Gasteiger partial charge in [0.05, 0.1) is 10.7 Å². The predicted molar refractivity (Wildman–Crippen MR) is 102 cm³/mol. The Bertz CT molecular complexity index is 885. The van der Waals surface area contributed by atoms with Crippen LogP contribution in [0.15, 0.2) is 12.1 Å². The van der Waals surface area contributed by atoms with Gasteiger partial charge in [-0.3, -0.25) is 0 Å². The molecule has 3 aromatic rings. The van der Waals surface area contributed by atoms with Gasteiger partial charge in [-0.1, -0.05) is 13.3 Å². The lowest BCUT2D eigenvalue weighted by Crippen LogP contribution is -2.22. The van der Waals surface area contributed by atoms with E-state index in [4.69, 9.17) is 4.74 Å². The third kappa shape index (κ3) is 3.67. The molecule has 0 aliphatic heterocycles. The number of rotatable bonds is 8. The number of aryl methyl sites for hydroxylation is 1. The Labute approximate surface area is 152 Å². The van der Waals surface area contributed by atoms with Crippen molar-refractivity contribution >= 4 is 28.1 Å². The molecule has 0 N–H and O–H groups in total. The Morgan fingerprint density at radius 1 is 1.28 bits per heavy atom. The number of methoxy groups -OCH3 is 1. The van der Waals surface area contributed by atoms with E-state index in [1.807, 2.05) is 18.3 Å². The van der Waals surface area contributed by atoms with Crippen LogP contribution in [0.3, 0.4) is 0 Å². The molecular weight excluding hydrogens is 334 g/mol. The monoisotopic (exact) mass is 359 g/mol. The molecule has 0 saturated heterocycles. The summed E-state index contributed by atoms with van der Waals surface area (Å²) in [4.78, 5) is 3.64. The number of aromatic nitrogens is 4.